The normalized spacial score (nSPS) is 9.27. The van der Waals surface area contributed by atoms with Crippen LogP contribution < -0.4 is 0 Å². The van der Waals surface area contributed by atoms with Crippen LogP contribution in [0.1, 0.15) is 5.56 Å². The van der Waals surface area contributed by atoms with Gasteiger partial charge in [0.1, 0.15) is 0 Å². The lowest BCUT2D eigenvalue weighted by Crippen LogP contribution is -1.76. The maximum atomic E-state index is 6.75. The fourth-order valence-electron chi connectivity index (χ4n) is 0.734. The summed E-state index contributed by atoms with van der Waals surface area (Å²) in [4.78, 5) is 3.23. The maximum absolute atomic E-state index is 6.75. The third-order valence-electron chi connectivity index (χ3n) is 1.42. The molecule has 0 atom stereocenters. The van der Waals surface area contributed by atoms with Crippen molar-refractivity contribution in [2.75, 3.05) is 0 Å². The molecule has 0 radical (unpaired) electrons. The molecule has 1 aromatic rings. The van der Waals surface area contributed by atoms with E-state index in [4.69, 9.17) is 29.8 Å². The number of rotatable bonds is 0. The van der Waals surface area contributed by atoms with Gasteiger partial charge >= 0.3 is 0 Å². The van der Waals surface area contributed by atoms with Gasteiger partial charge in [-0.3, -0.25) is 0 Å². The molecule has 0 fully saturated rings. The Labute approximate surface area is 75.4 Å². The Hall–Kier alpha value is -0.710. The standard InChI is InChI=1S/C8H5Cl2N/c1-5-6(9)3-4-7(11-2)8(5)10/h3-4H,1H3. The number of hydrogen-bond acceptors (Lipinski definition) is 0. The molecule has 0 saturated heterocycles. The van der Waals surface area contributed by atoms with Crippen molar-refractivity contribution in [2.45, 2.75) is 6.92 Å². The van der Waals surface area contributed by atoms with Crippen LogP contribution in [0.15, 0.2) is 12.1 Å². The Balaban J connectivity index is 3.40. The first-order chi connectivity index (χ1) is 5.16. The zero-order chi connectivity index (χ0) is 8.43. The van der Waals surface area contributed by atoms with Gasteiger partial charge < -0.3 is 0 Å². The third-order valence-corrected chi connectivity index (χ3v) is 2.31. The van der Waals surface area contributed by atoms with Gasteiger partial charge in [0.05, 0.1) is 11.6 Å². The topological polar surface area (TPSA) is 4.36 Å². The summed E-state index contributed by atoms with van der Waals surface area (Å²) in [6, 6.07) is 3.29. The molecule has 56 valence electrons. The second-order valence-electron chi connectivity index (χ2n) is 2.12. The van der Waals surface area contributed by atoms with Gasteiger partial charge in [-0.1, -0.05) is 35.3 Å². The van der Waals surface area contributed by atoms with Crippen LogP contribution in [0.4, 0.5) is 5.69 Å². The SMILES string of the molecule is [C-]#[N+]c1ccc(Cl)c(C)c1Cl. The highest BCUT2D eigenvalue weighted by Crippen LogP contribution is 2.32. The first-order valence-electron chi connectivity index (χ1n) is 2.99. The number of hydrogen-bond donors (Lipinski definition) is 0. The predicted molar refractivity (Wildman–Crippen MR) is 47.5 cm³/mol. The van der Waals surface area contributed by atoms with E-state index in [1.54, 1.807) is 19.1 Å². The molecule has 0 spiro atoms. The van der Waals surface area contributed by atoms with Crippen LogP contribution in [-0.4, -0.2) is 0 Å². The van der Waals surface area contributed by atoms with Crippen LogP contribution in [0.5, 0.6) is 0 Å². The lowest BCUT2D eigenvalue weighted by molar-refractivity contribution is 1.48. The van der Waals surface area contributed by atoms with Gasteiger partial charge in [-0.25, -0.2) is 4.85 Å². The molecular formula is C8H5Cl2N. The van der Waals surface area contributed by atoms with Crippen molar-refractivity contribution in [1.29, 1.82) is 0 Å². The third kappa shape index (κ3) is 1.48. The Morgan fingerprint density at radius 1 is 1.36 bits per heavy atom. The van der Waals surface area contributed by atoms with Crippen LogP contribution in [0.2, 0.25) is 10.0 Å². The van der Waals surface area contributed by atoms with E-state index in [1.165, 1.54) is 0 Å². The second kappa shape index (κ2) is 3.13. The van der Waals surface area contributed by atoms with E-state index in [0.717, 1.165) is 5.56 Å². The zero-order valence-electron chi connectivity index (χ0n) is 5.86. The van der Waals surface area contributed by atoms with E-state index in [2.05, 4.69) is 4.85 Å². The van der Waals surface area contributed by atoms with E-state index >= 15 is 0 Å². The summed E-state index contributed by atoms with van der Waals surface area (Å²) in [6.45, 7) is 8.54. The molecule has 1 nitrogen and oxygen atoms in total. The zero-order valence-corrected chi connectivity index (χ0v) is 7.37. The van der Waals surface area contributed by atoms with Crippen molar-refractivity contribution in [3.63, 3.8) is 0 Å². The molecule has 1 rings (SSSR count). The Morgan fingerprint density at radius 2 is 2.00 bits per heavy atom. The summed E-state index contributed by atoms with van der Waals surface area (Å²) in [6.07, 6.45) is 0. The van der Waals surface area contributed by atoms with Crippen LogP contribution in [0.25, 0.3) is 4.85 Å². The smallest absolute Gasteiger partial charge is 0.205 e. The van der Waals surface area contributed by atoms with Gasteiger partial charge in [-0.2, -0.15) is 0 Å². The Kier molecular flexibility index (Phi) is 2.38. The van der Waals surface area contributed by atoms with E-state index < -0.39 is 0 Å². The lowest BCUT2D eigenvalue weighted by Gasteiger charge is -2.00. The van der Waals surface area contributed by atoms with Crippen LogP contribution in [-0.2, 0) is 0 Å². The quantitative estimate of drug-likeness (QED) is 0.542. The van der Waals surface area contributed by atoms with Crippen molar-refractivity contribution < 1.29 is 0 Å². The number of halogens is 2. The van der Waals surface area contributed by atoms with E-state index in [0.29, 0.717) is 15.7 Å². The molecule has 0 amide bonds. The maximum Gasteiger partial charge on any atom is 0.205 e. The fraction of sp³-hybridized carbons (Fsp3) is 0.125. The highest BCUT2D eigenvalue weighted by atomic mass is 35.5. The van der Waals surface area contributed by atoms with Gasteiger partial charge in [-0.15, -0.1) is 0 Å². The summed E-state index contributed by atoms with van der Waals surface area (Å²) < 4.78 is 0. The van der Waals surface area contributed by atoms with Crippen LogP contribution >= 0.6 is 23.2 Å². The van der Waals surface area contributed by atoms with Crippen molar-refractivity contribution in [3.8, 4) is 0 Å². The van der Waals surface area contributed by atoms with Crippen LogP contribution in [0.3, 0.4) is 0 Å². The molecule has 11 heavy (non-hydrogen) atoms. The van der Waals surface area contributed by atoms with E-state index in [1.807, 2.05) is 0 Å². The van der Waals surface area contributed by atoms with Crippen molar-refractivity contribution >= 4 is 28.9 Å². The van der Waals surface area contributed by atoms with Gasteiger partial charge in [-0.05, 0) is 12.5 Å². The lowest BCUT2D eigenvalue weighted by atomic mass is 10.2. The largest absolute Gasteiger partial charge is 0.237 e. The molecule has 0 aliphatic carbocycles. The highest BCUT2D eigenvalue weighted by molar-refractivity contribution is 6.37. The van der Waals surface area contributed by atoms with E-state index in [-0.39, 0.29) is 0 Å². The number of nitrogens with zero attached hydrogens (tertiary/aromatic N) is 1. The second-order valence-corrected chi connectivity index (χ2v) is 2.90. The van der Waals surface area contributed by atoms with Crippen LogP contribution in [0, 0.1) is 13.5 Å². The Bertz CT molecular complexity index is 326. The molecule has 0 aromatic heterocycles. The predicted octanol–water partition coefficient (Wildman–Crippen LogP) is 3.85. The molecule has 0 aliphatic heterocycles. The molecule has 0 aliphatic rings. The van der Waals surface area contributed by atoms with E-state index in [9.17, 15) is 0 Å². The van der Waals surface area contributed by atoms with Crippen molar-refractivity contribution in [2.24, 2.45) is 0 Å². The molecule has 0 bridgehead atoms. The molecule has 1 aromatic carbocycles. The van der Waals surface area contributed by atoms with Crippen molar-refractivity contribution in [1.82, 2.24) is 0 Å². The van der Waals surface area contributed by atoms with Gasteiger partial charge in [0, 0.05) is 5.02 Å². The fourth-order valence-corrected chi connectivity index (χ4v) is 1.15. The van der Waals surface area contributed by atoms with Gasteiger partial charge in [0.25, 0.3) is 0 Å². The summed E-state index contributed by atoms with van der Waals surface area (Å²) in [5.74, 6) is 0. The molecule has 0 N–H and O–H groups in total. The molecule has 3 heteroatoms. The average molecular weight is 186 g/mol. The average Bonchev–Trinajstić information content (AvgIpc) is 2.01. The molecule has 0 saturated carbocycles. The monoisotopic (exact) mass is 185 g/mol. The minimum Gasteiger partial charge on any atom is -0.237 e. The summed E-state index contributed by atoms with van der Waals surface area (Å²) in [5.41, 5.74) is 1.22. The number of benzene rings is 1. The molecule has 0 heterocycles. The summed E-state index contributed by atoms with van der Waals surface area (Å²) in [5, 5.41) is 1.05. The van der Waals surface area contributed by atoms with Gasteiger partial charge in [0.2, 0.25) is 5.69 Å². The van der Waals surface area contributed by atoms with Gasteiger partial charge in [0.15, 0.2) is 0 Å². The minimum atomic E-state index is 0.451. The first kappa shape index (κ1) is 8.39. The summed E-state index contributed by atoms with van der Waals surface area (Å²) in [7, 11) is 0. The Morgan fingerprint density at radius 3 is 2.55 bits per heavy atom. The summed E-state index contributed by atoms with van der Waals surface area (Å²) >= 11 is 11.6. The first-order valence-corrected chi connectivity index (χ1v) is 3.74. The highest BCUT2D eigenvalue weighted by Gasteiger charge is 2.04. The van der Waals surface area contributed by atoms with Crippen molar-refractivity contribution in [3.05, 3.63) is 39.2 Å². The minimum absolute atomic E-state index is 0.451. The molecule has 0 unspecified atom stereocenters. The molecular weight excluding hydrogens is 181 g/mol.